The normalized spacial score (nSPS) is 28.6. The van der Waals surface area contributed by atoms with Crippen LogP contribution in [0.25, 0.3) is 0 Å². The minimum atomic E-state index is 0.204. The molecule has 3 rings (SSSR count). The molecule has 0 saturated carbocycles. The van der Waals surface area contributed by atoms with Crippen LogP contribution in [-0.2, 0) is 11.2 Å². The molecule has 2 aliphatic rings. The van der Waals surface area contributed by atoms with Gasteiger partial charge in [0.2, 0.25) is 5.91 Å². The Kier molecular flexibility index (Phi) is 3.56. The minimum Gasteiger partial charge on any atom is -0.355 e. The zero-order valence-electron chi connectivity index (χ0n) is 11.5. The Bertz CT molecular complexity index is 472. The van der Waals surface area contributed by atoms with E-state index in [2.05, 4.69) is 41.8 Å². The van der Waals surface area contributed by atoms with Crippen LogP contribution in [0.5, 0.6) is 0 Å². The van der Waals surface area contributed by atoms with Crippen molar-refractivity contribution in [1.29, 1.82) is 0 Å². The van der Waals surface area contributed by atoms with Gasteiger partial charge in [0.25, 0.3) is 0 Å². The molecule has 1 aromatic carbocycles. The smallest absolute Gasteiger partial charge is 0.224 e. The summed E-state index contributed by atoms with van der Waals surface area (Å²) in [6.45, 7) is 2.87. The van der Waals surface area contributed by atoms with Crippen molar-refractivity contribution in [3.8, 4) is 0 Å². The fraction of sp³-hybridized carbons (Fsp3) is 0.562. The van der Waals surface area contributed by atoms with Crippen molar-refractivity contribution in [2.45, 2.75) is 44.7 Å². The maximum atomic E-state index is 12.2. The van der Waals surface area contributed by atoms with E-state index in [-0.39, 0.29) is 11.8 Å². The van der Waals surface area contributed by atoms with Crippen molar-refractivity contribution in [2.75, 3.05) is 6.54 Å². The Labute approximate surface area is 114 Å². The van der Waals surface area contributed by atoms with E-state index in [1.165, 1.54) is 24.0 Å². The van der Waals surface area contributed by atoms with E-state index in [0.717, 1.165) is 19.4 Å². The molecule has 0 aliphatic carbocycles. The number of hydrogen-bond donors (Lipinski definition) is 2. The Morgan fingerprint density at radius 2 is 2.21 bits per heavy atom. The number of fused-ring (bicyclic) bond motifs is 2. The third kappa shape index (κ3) is 2.66. The van der Waals surface area contributed by atoms with Gasteiger partial charge >= 0.3 is 0 Å². The summed E-state index contributed by atoms with van der Waals surface area (Å²) in [5.41, 5.74) is 2.63. The minimum absolute atomic E-state index is 0.204. The highest BCUT2D eigenvalue weighted by Crippen LogP contribution is 2.33. The molecule has 102 valence electrons. The fourth-order valence-corrected chi connectivity index (χ4v) is 3.46. The molecule has 2 heterocycles. The largest absolute Gasteiger partial charge is 0.355 e. The first-order valence-corrected chi connectivity index (χ1v) is 7.32. The van der Waals surface area contributed by atoms with Gasteiger partial charge in [0.15, 0.2) is 0 Å². The summed E-state index contributed by atoms with van der Waals surface area (Å²) < 4.78 is 0. The molecule has 0 spiro atoms. The van der Waals surface area contributed by atoms with Crippen LogP contribution in [0.2, 0.25) is 0 Å². The highest BCUT2D eigenvalue weighted by Gasteiger charge is 2.42. The van der Waals surface area contributed by atoms with Crippen LogP contribution in [0.15, 0.2) is 24.3 Å². The Hall–Kier alpha value is -1.35. The maximum absolute atomic E-state index is 12.2. The highest BCUT2D eigenvalue weighted by molar-refractivity contribution is 5.80. The van der Waals surface area contributed by atoms with E-state index in [4.69, 9.17) is 0 Å². The molecule has 2 bridgehead atoms. The monoisotopic (exact) mass is 258 g/mol. The van der Waals surface area contributed by atoms with Crippen LogP contribution in [0.1, 0.15) is 30.4 Å². The Morgan fingerprint density at radius 1 is 1.37 bits per heavy atom. The van der Waals surface area contributed by atoms with Gasteiger partial charge in [0, 0.05) is 18.6 Å². The maximum Gasteiger partial charge on any atom is 0.224 e. The Balaban J connectivity index is 1.48. The molecule has 3 heteroatoms. The fourth-order valence-electron chi connectivity index (χ4n) is 3.46. The topological polar surface area (TPSA) is 41.1 Å². The number of amides is 1. The summed E-state index contributed by atoms with van der Waals surface area (Å²) in [6, 6.07) is 9.40. The van der Waals surface area contributed by atoms with Crippen LogP contribution in [0, 0.1) is 12.8 Å². The summed E-state index contributed by atoms with van der Waals surface area (Å²) in [7, 11) is 0. The van der Waals surface area contributed by atoms with Gasteiger partial charge in [-0.05, 0) is 43.7 Å². The van der Waals surface area contributed by atoms with Gasteiger partial charge in [-0.15, -0.1) is 0 Å². The molecule has 0 radical (unpaired) electrons. The lowest BCUT2D eigenvalue weighted by molar-refractivity contribution is -0.125. The molecular formula is C16H22N2O. The zero-order chi connectivity index (χ0) is 13.2. The molecule has 2 N–H and O–H groups in total. The molecule has 1 aromatic rings. The molecule has 2 saturated heterocycles. The molecule has 0 aromatic heterocycles. The first-order chi connectivity index (χ1) is 9.24. The number of carbonyl (C=O) groups excluding carboxylic acids is 1. The van der Waals surface area contributed by atoms with Crippen LogP contribution in [-0.4, -0.2) is 24.5 Å². The lowest BCUT2D eigenvalue weighted by Crippen LogP contribution is -2.38. The van der Waals surface area contributed by atoms with Crippen molar-refractivity contribution >= 4 is 5.91 Å². The quantitative estimate of drug-likeness (QED) is 0.864. The van der Waals surface area contributed by atoms with Crippen LogP contribution in [0.3, 0.4) is 0 Å². The van der Waals surface area contributed by atoms with Gasteiger partial charge in [-0.1, -0.05) is 24.3 Å². The second-order valence-electron chi connectivity index (χ2n) is 5.86. The molecule has 2 aliphatic heterocycles. The molecule has 1 amide bonds. The van der Waals surface area contributed by atoms with Crippen LogP contribution in [0.4, 0.5) is 0 Å². The second-order valence-corrected chi connectivity index (χ2v) is 5.86. The van der Waals surface area contributed by atoms with Crippen molar-refractivity contribution < 1.29 is 4.79 Å². The molecule has 2 fully saturated rings. The molecule has 3 unspecified atom stereocenters. The molecule has 19 heavy (non-hydrogen) atoms. The summed E-state index contributed by atoms with van der Waals surface area (Å²) in [4.78, 5) is 12.2. The Morgan fingerprint density at radius 3 is 2.89 bits per heavy atom. The first kappa shape index (κ1) is 12.7. The number of hydrogen-bond acceptors (Lipinski definition) is 2. The van der Waals surface area contributed by atoms with Gasteiger partial charge in [0.1, 0.15) is 0 Å². The van der Waals surface area contributed by atoms with Gasteiger partial charge in [0.05, 0.1) is 5.92 Å². The van der Waals surface area contributed by atoms with Crippen LogP contribution < -0.4 is 10.6 Å². The van der Waals surface area contributed by atoms with Crippen molar-refractivity contribution in [3.05, 3.63) is 35.4 Å². The van der Waals surface area contributed by atoms with E-state index in [0.29, 0.717) is 12.1 Å². The lowest BCUT2D eigenvalue weighted by Gasteiger charge is -2.19. The van der Waals surface area contributed by atoms with Crippen molar-refractivity contribution in [1.82, 2.24) is 10.6 Å². The van der Waals surface area contributed by atoms with Gasteiger partial charge < -0.3 is 10.6 Å². The zero-order valence-corrected chi connectivity index (χ0v) is 11.5. The third-order valence-electron chi connectivity index (χ3n) is 4.59. The number of carbonyl (C=O) groups is 1. The number of benzene rings is 1. The second kappa shape index (κ2) is 5.33. The standard InChI is InChI=1S/C16H22N2O/c1-11-4-2-3-5-12(11)8-9-17-16(19)14-10-13-6-7-15(14)18-13/h2-5,13-15,18H,6-10H2,1H3,(H,17,19). The average Bonchev–Trinajstić information content (AvgIpc) is 3.03. The van der Waals surface area contributed by atoms with Gasteiger partial charge in [-0.25, -0.2) is 0 Å². The van der Waals surface area contributed by atoms with Gasteiger partial charge in [-0.3, -0.25) is 4.79 Å². The lowest BCUT2D eigenvalue weighted by atomic mass is 9.88. The van der Waals surface area contributed by atoms with E-state index >= 15 is 0 Å². The van der Waals surface area contributed by atoms with Crippen molar-refractivity contribution in [2.24, 2.45) is 5.92 Å². The summed E-state index contributed by atoms with van der Waals surface area (Å²) >= 11 is 0. The molecule has 3 nitrogen and oxygen atoms in total. The predicted molar refractivity (Wildman–Crippen MR) is 75.9 cm³/mol. The first-order valence-electron chi connectivity index (χ1n) is 7.32. The summed E-state index contributed by atoms with van der Waals surface area (Å²) in [6.07, 6.45) is 4.37. The summed E-state index contributed by atoms with van der Waals surface area (Å²) in [5, 5.41) is 6.62. The number of rotatable bonds is 4. The third-order valence-corrected chi connectivity index (χ3v) is 4.59. The highest BCUT2D eigenvalue weighted by atomic mass is 16.1. The predicted octanol–water partition coefficient (Wildman–Crippen LogP) is 1.79. The number of nitrogens with one attached hydrogen (secondary N) is 2. The SMILES string of the molecule is Cc1ccccc1CCNC(=O)C1CC2CCC1N2. The molecular weight excluding hydrogens is 236 g/mol. The van der Waals surface area contributed by atoms with Gasteiger partial charge in [-0.2, -0.15) is 0 Å². The summed E-state index contributed by atoms with van der Waals surface area (Å²) in [5.74, 6) is 0.448. The van der Waals surface area contributed by atoms with E-state index < -0.39 is 0 Å². The van der Waals surface area contributed by atoms with Crippen LogP contribution >= 0.6 is 0 Å². The number of aryl methyl sites for hydroxylation is 1. The van der Waals surface area contributed by atoms with E-state index in [1.807, 2.05) is 0 Å². The van der Waals surface area contributed by atoms with E-state index in [9.17, 15) is 4.79 Å². The molecule has 3 atom stereocenters. The van der Waals surface area contributed by atoms with Crippen molar-refractivity contribution in [3.63, 3.8) is 0 Å². The van der Waals surface area contributed by atoms with E-state index in [1.54, 1.807) is 0 Å². The average molecular weight is 258 g/mol.